The smallest absolute Gasteiger partial charge is 0.463 e. The standard InChI is InChI=1S/C67H116N2O6/c1-46-10-28-57(29-11-46)68-59-32-16-49(17-33-59)14-20-51-44-55(26-40-63(51)72-6)67(42-8-7-9-43-67)56-27-41-64(52(45-56)21-15-50-18-34-60(35-19-50)69-58-30-12-47(2)13-31-58)75-65(71)74-62-38-24-54(25-39-62)66(4,5)53-22-36-61(37-23-53)73-48(3)70/h46-47,49-64,68-69H,7-45H2,1-6H3. The number of rotatable bonds is 18. The maximum absolute atomic E-state index is 14.1. The minimum Gasteiger partial charge on any atom is -0.463 e. The summed E-state index contributed by atoms with van der Waals surface area (Å²) in [5, 5.41) is 8.25. The molecule has 6 unspecified atom stereocenters. The first kappa shape index (κ1) is 58.3. The van der Waals surface area contributed by atoms with Crippen molar-refractivity contribution >= 4 is 12.1 Å². The molecule has 0 heterocycles. The quantitative estimate of drug-likeness (QED) is 0.131. The summed E-state index contributed by atoms with van der Waals surface area (Å²) >= 11 is 0. The van der Waals surface area contributed by atoms with E-state index in [0.717, 1.165) is 111 Å². The first-order valence-electron chi connectivity index (χ1n) is 33.4. The van der Waals surface area contributed by atoms with Crippen LogP contribution in [0.1, 0.15) is 285 Å². The predicted molar refractivity (Wildman–Crippen MR) is 305 cm³/mol. The third-order valence-electron chi connectivity index (χ3n) is 24.4. The van der Waals surface area contributed by atoms with Gasteiger partial charge in [-0.2, -0.15) is 0 Å². The fraction of sp³-hybridized carbons (Fsp3) is 0.970. The van der Waals surface area contributed by atoms with Gasteiger partial charge in [-0.25, -0.2) is 4.79 Å². The van der Waals surface area contributed by atoms with Gasteiger partial charge >= 0.3 is 12.1 Å². The molecule has 8 heteroatoms. The summed E-state index contributed by atoms with van der Waals surface area (Å²) in [4.78, 5) is 25.7. The van der Waals surface area contributed by atoms with Crippen LogP contribution in [0.2, 0.25) is 0 Å². The third kappa shape index (κ3) is 16.0. The Morgan fingerprint density at radius 2 is 0.880 bits per heavy atom. The van der Waals surface area contributed by atoms with Gasteiger partial charge in [-0.05, 0) is 288 Å². The van der Waals surface area contributed by atoms with Crippen LogP contribution in [-0.4, -0.2) is 67.8 Å². The molecule has 75 heavy (non-hydrogen) atoms. The molecular weight excluding hydrogens is 929 g/mol. The van der Waals surface area contributed by atoms with Gasteiger partial charge in [-0.15, -0.1) is 0 Å². The fourth-order valence-corrected chi connectivity index (χ4v) is 19.3. The van der Waals surface area contributed by atoms with E-state index >= 15 is 0 Å². The van der Waals surface area contributed by atoms with Gasteiger partial charge in [0.05, 0.1) is 6.10 Å². The molecule has 6 atom stereocenters. The van der Waals surface area contributed by atoms with Gasteiger partial charge in [0.25, 0.3) is 0 Å². The van der Waals surface area contributed by atoms with Crippen molar-refractivity contribution in [2.24, 2.45) is 70.0 Å². The molecule has 9 aliphatic rings. The fourth-order valence-electron chi connectivity index (χ4n) is 19.3. The predicted octanol–water partition coefficient (Wildman–Crippen LogP) is 17.0. The van der Waals surface area contributed by atoms with E-state index in [1.807, 2.05) is 7.11 Å². The van der Waals surface area contributed by atoms with Crippen molar-refractivity contribution in [3.63, 3.8) is 0 Å². The minimum absolute atomic E-state index is 0.0212. The molecule has 0 aliphatic heterocycles. The van der Waals surface area contributed by atoms with Gasteiger partial charge in [0.1, 0.15) is 18.3 Å². The van der Waals surface area contributed by atoms with Crippen LogP contribution in [0.4, 0.5) is 4.79 Å². The Morgan fingerprint density at radius 1 is 0.467 bits per heavy atom. The first-order chi connectivity index (χ1) is 36.3. The number of carbonyl (C=O) groups excluding carboxylic acids is 2. The molecule has 8 nitrogen and oxygen atoms in total. The van der Waals surface area contributed by atoms with E-state index in [0.29, 0.717) is 41.2 Å². The van der Waals surface area contributed by atoms with Crippen LogP contribution in [0.5, 0.6) is 0 Å². The molecule has 0 radical (unpaired) electrons. The number of nitrogens with one attached hydrogen (secondary N) is 2. The number of ether oxygens (including phenoxy) is 4. The Bertz CT molecular complexity index is 1680. The number of carbonyl (C=O) groups is 2. The van der Waals surface area contributed by atoms with Crippen molar-refractivity contribution in [2.45, 2.75) is 334 Å². The van der Waals surface area contributed by atoms with Gasteiger partial charge in [-0.1, -0.05) is 59.8 Å². The van der Waals surface area contributed by atoms with Gasteiger partial charge in [0, 0.05) is 38.2 Å². The summed E-state index contributed by atoms with van der Waals surface area (Å²) in [7, 11) is 2.02. The van der Waals surface area contributed by atoms with Crippen LogP contribution in [-0.2, 0) is 23.7 Å². The summed E-state index contributed by atoms with van der Waals surface area (Å²) in [5.41, 5.74) is 0.653. The van der Waals surface area contributed by atoms with Crippen LogP contribution in [0, 0.1) is 70.0 Å². The highest BCUT2D eigenvalue weighted by atomic mass is 16.7. The number of esters is 1. The van der Waals surface area contributed by atoms with E-state index < -0.39 is 0 Å². The molecule has 0 aromatic carbocycles. The molecule has 9 fully saturated rings. The summed E-state index contributed by atoms with van der Waals surface area (Å²) in [6.45, 7) is 11.4. The molecule has 430 valence electrons. The topological polar surface area (TPSA) is 95.1 Å². The second-order valence-electron chi connectivity index (χ2n) is 29.3. The summed E-state index contributed by atoms with van der Waals surface area (Å²) in [5.74, 6) is 7.29. The Balaban J connectivity index is 0.801. The van der Waals surface area contributed by atoms with Gasteiger partial charge in [0.15, 0.2) is 0 Å². The average Bonchev–Trinajstić information content (AvgIpc) is 3.42. The normalized spacial score (nSPS) is 41.3. The van der Waals surface area contributed by atoms with E-state index in [9.17, 15) is 9.59 Å². The Labute approximate surface area is 460 Å². The largest absolute Gasteiger partial charge is 0.508 e. The molecule has 9 aliphatic carbocycles. The van der Waals surface area contributed by atoms with Crippen molar-refractivity contribution in [3.8, 4) is 0 Å². The second-order valence-corrected chi connectivity index (χ2v) is 29.3. The highest BCUT2D eigenvalue weighted by Crippen LogP contribution is 2.59. The van der Waals surface area contributed by atoms with Gasteiger partial charge in [0.2, 0.25) is 0 Å². The first-order valence-corrected chi connectivity index (χ1v) is 33.4. The van der Waals surface area contributed by atoms with Crippen LogP contribution >= 0.6 is 0 Å². The van der Waals surface area contributed by atoms with E-state index in [1.54, 1.807) is 0 Å². The second kappa shape index (κ2) is 27.9. The Hall–Kier alpha value is -1.38. The van der Waals surface area contributed by atoms with Crippen LogP contribution < -0.4 is 10.6 Å². The lowest BCUT2D eigenvalue weighted by atomic mass is 9.51. The SMILES string of the molecule is COC1CCC(C2(C3CCC(OC(=O)OC4CCC(C(C)(C)C5CCC(OC(C)=O)CC5)CC4)C(CCC4CCC(NC5CCC(C)CC5)CC4)C3)CCCCC2)CC1CCC1CCC(NC2CCC(C)CC2)CC1. The zero-order valence-corrected chi connectivity index (χ0v) is 49.4. The summed E-state index contributed by atoms with van der Waals surface area (Å²) in [6, 6.07) is 2.96. The lowest BCUT2D eigenvalue weighted by Crippen LogP contribution is -2.48. The van der Waals surface area contributed by atoms with E-state index in [4.69, 9.17) is 18.9 Å². The van der Waals surface area contributed by atoms with E-state index in [-0.39, 0.29) is 35.9 Å². The molecule has 0 saturated heterocycles. The monoisotopic (exact) mass is 1040 g/mol. The maximum atomic E-state index is 14.1. The lowest BCUT2D eigenvalue weighted by molar-refractivity contribution is -0.148. The number of hydrogen-bond donors (Lipinski definition) is 2. The molecule has 9 rings (SSSR count). The zero-order valence-electron chi connectivity index (χ0n) is 49.4. The van der Waals surface area contributed by atoms with Crippen LogP contribution in [0.15, 0.2) is 0 Å². The Morgan fingerprint density at radius 3 is 1.32 bits per heavy atom. The highest BCUT2D eigenvalue weighted by Gasteiger charge is 2.51. The van der Waals surface area contributed by atoms with E-state index in [1.165, 1.54) is 200 Å². The van der Waals surface area contributed by atoms with Crippen molar-refractivity contribution in [3.05, 3.63) is 0 Å². The molecule has 2 N–H and O–H groups in total. The molecule has 0 amide bonds. The lowest BCUT2D eigenvalue weighted by Gasteiger charge is -2.55. The van der Waals surface area contributed by atoms with Crippen molar-refractivity contribution < 1.29 is 28.5 Å². The molecule has 0 aromatic heterocycles. The highest BCUT2D eigenvalue weighted by molar-refractivity contribution is 5.66. The van der Waals surface area contributed by atoms with Crippen LogP contribution in [0.25, 0.3) is 0 Å². The third-order valence-corrected chi connectivity index (χ3v) is 24.4. The average molecular weight is 1050 g/mol. The van der Waals surface area contributed by atoms with Crippen molar-refractivity contribution in [2.75, 3.05) is 7.11 Å². The van der Waals surface area contributed by atoms with E-state index in [2.05, 4.69) is 38.3 Å². The molecule has 0 aromatic rings. The minimum atomic E-state index is -0.379. The molecule has 0 spiro atoms. The van der Waals surface area contributed by atoms with Gasteiger partial charge < -0.3 is 29.6 Å². The summed E-state index contributed by atoms with van der Waals surface area (Å²) < 4.78 is 25.0. The van der Waals surface area contributed by atoms with Gasteiger partial charge in [-0.3, -0.25) is 4.79 Å². The summed E-state index contributed by atoms with van der Waals surface area (Å²) in [6.07, 6.45) is 50.1. The molecular formula is C67H116N2O6. The van der Waals surface area contributed by atoms with Crippen LogP contribution in [0.3, 0.4) is 0 Å². The number of methoxy groups -OCH3 is 1. The number of hydrogen-bond acceptors (Lipinski definition) is 8. The van der Waals surface area contributed by atoms with Crippen molar-refractivity contribution in [1.82, 2.24) is 10.6 Å². The molecule has 0 bridgehead atoms. The Kier molecular flexibility index (Phi) is 21.7. The maximum Gasteiger partial charge on any atom is 0.508 e. The van der Waals surface area contributed by atoms with Crippen molar-refractivity contribution in [1.29, 1.82) is 0 Å². The molecule has 9 saturated carbocycles. The zero-order chi connectivity index (χ0) is 52.4.